The number of likely N-dealkylation sites (tertiary alicyclic amines) is 1. The number of aromatic nitrogens is 2. The first-order valence-corrected chi connectivity index (χ1v) is 10.4. The highest BCUT2D eigenvalue weighted by molar-refractivity contribution is 7.20. The summed E-state index contributed by atoms with van der Waals surface area (Å²) >= 11 is 1.38. The van der Waals surface area contributed by atoms with Crippen LogP contribution in [0.15, 0.2) is 4.79 Å². The maximum absolute atomic E-state index is 13.2. The molecule has 2 aromatic heterocycles. The first-order valence-electron chi connectivity index (χ1n) is 9.55. The number of halogens is 1. The van der Waals surface area contributed by atoms with Crippen LogP contribution < -0.4 is 11.3 Å². The minimum absolute atomic E-state index is 0. The lowest BCUT2D eigenvalue weighted by Crippen LogP contribution is -2.34. The van der Waals surface area contributed by atoms with Gasteiger partial charge in [0.1, 0.15) is 10.7 Å². The molecule has 4 heterocycles. The second kappa shape index (κ2) is 7.89. The highest BCUT2D eigenvalue weighted by Crippen LogP contribution is 2.32. The van der Waals surface area contributed by atoms with Crippen LogP contribution in [-0.2, 0) is 13.0 Å². The zero-order chi connectivity index (χ0) is 18.4. The van der Waals surface area contributed by atoms with Crippen LogP contribution in [0.1, 0.15) is 53.7 Å². The molecule has 0 saturated carbocycles. The number of fused-ring (bicyclic) bond motifs is 2. The first kappa shape index (κ1) is 20.3. The summed E-state index contributed by atoms with van der Waals surface area (Å²) < 4.78 is 1.83. The van der Waals surface area contributed by atoms with Crippen molar-refractivity contribution in [3.8, 4) is 0 Å². The maximum atomic E-state index is 13.2. The smallest absolute Gasteiger partial charge is 0.264 e. The number of aryl methyl sites for hydroxylation is 2. The molecule has 27 heavy (non-hydrogen) atoms. The summed E-state index contributed by atoms with van der Waals surface area (Å²) in [5.74, 6) is 1.26. The third-order valence-corrected chi connectivity index (χ3v) is 7.04. The molecule has 2 aromatic rings. The molecule has 2 aliphatic heterocycles. The van der Waals surface area contributed by atoms with Crippen LogP contribution >= 0.6 is 23.7 Å². The van der Waals surface area contributed by atoms with Crippen molar-refractivity contribution in [2.45, 2.75) is 58.5 Å². The van der Waals surface area contributed by atoms with Gasteiger partial charge in [0, 0.05) is 25.6 Å². The van der Waals surface area contributed by atoms with E-state index in [4.69, 9.17) is 10.7 Å². The third-order valence-electron chi connectivity index (χ3n) is 5.86. The van der Waals surface area contributed by atoms with Gasteiger partial charge in [-0.3, -0.25) is 14.2 Å². The Balaban J connectivity index is 0.00000210. The van der Waals surface area contributed by atoms with Gasteiger partial charge >= 0.3 is 0 Å². The van der Waals surface area contributed by atoms with E-state index in [0.29, 0.717) is 34.1 Å². The zero-order valence-electron chi connectivity index (χ0n) is 15.9. The molecule has 0 radical (unpaired) electrons. The fourth-order valence-electron chi connectivity index (χ4n) is 4.34. The molecule has 148 valence electrons. The monoisotopic (exact) mass is 410 g/mol. The van der Waals surface area contributed by atoms with Gasteiger partial charge < -0.3 is 10.6 Å². The summed E-state index contributed by atoms with van der Waals surface area (Å²) in [5, 5.41) is 0.631. The molecule has 0 spiro atoms. The Morgan fingerprint density at radius 1 is 1.33 bits per heavy atom. The summed E-state index contributed by atoms with van der Waals surface area (Å²) in [5.41, 5.74) is 6.61. The number of carbonyl (C=O) groups is 1. The molecular formula is C19H27ClN4O2S. The van der Waals surface area contributed by atoms with E-state index < -0.39 is 0 Å². The lowest BCUT2D eigenvalue weighted by Gasteiger charge is -2.21. The van der Waals surface area contributed by atoms with Crippen molar-refractivity contribution in [1.29, 1.82) is 0 Å². The van der Waals surface area contributed by atoms with Crippen LogP contribution in [0, 0.1) is 12.8 Å². The van der Waals surface area contributed by atoms with E-state index in [-0.39, 0.29) is 29.9 Å². The standard InChI is InChI=1S/C19H26N4O2S.ClH/c1-11-8-13(9-20)10-23(11)19(25)16-12(2)15-17(26-16)21-14-6-4-3-5-7-22(14)18(15)24;/h11,13H,3-10,20H2,1-2H3;1H. The average Bonchev–Trinajstić information content (AvgIpc) is 3.05. The molecule has 6 nitrogen and oxygen atoms in total. The molecule has 0 aromatic carbocycles. The van der Waals surface area contributed by atoms with E-state index in [1.165, 1.54) is 11.3 Å². The SMILES string of the molecule is Cc1c(C(=O)N2CC(CN)CC2C)sc2nc3n(c(=O)c12)CCCCC3.Cl. The average molecular weight is 411 g/mol. The topological polar surface area (TPSA) is 81.2 Å². The highest BCUT2D eigenvalue weighted by Gasteiger charge is 2.34. The maximum Gasteiger partial charge on any atom is 0.264 e. The van der Waals surface area contributed by atoms with Crippen LogP contribution in [0.5, 0.6) is 0 Å². The second-order valence-corrected chi connectivity index (χ2v) is 8.67. The minimum atomic E-state index is 0. The van der Waals surface area contributed by atoms with Crippen molar-refractivity contribution in [2.75, 3.05) is 13.1 Å². The van der Waals surface area contributed by atoms with Crippen LogP contribution in [0.4, 0.5) is 0 Å². The number of amides is 1. The number of carbonyl (C=O) groups excluding carboxylic acids is 1. The fraction of sp³-hybridized carbons (Fsp3) is 0.632. The van der Waals surface area contributed by atoms with Gasteiger partial charge in [-0.15, -0.1) is 23.7 Å². The van der Waals surface area contributed by atoms with Gasteiger partial charge in [-0.1, -0.05) is 6.42 Å². The Morgan fingerprint density at radius 3 is 2.81 bits per heavy atom. The molecule has 1 amide bonds. The Labute approximate surface area is 169 Å². The van der Waals surface area contributed by atoms with Crippen molar-refractivity contribution in [1.82, 2.24) is 14.5 Å². The van der Waals surface area contributed by atoms with E-state index in [9.17, 15) is 9.59 Å². The van der Waals surface area contributed by atoms with Crippen molar-refractivity contribution < 1.29 is 4.79 Å². The zero-order valence-corrected chi connectivity index (χ0v) is 17.5. The molecule has 1 saturated heterocycles. The predicted octanol–water partition coefficient (Wildman–Crippen LogP) is 2.72. The number of hydrogen-bond acceptors (Lipinski definition) is 5. The van der Waals surface area contributed by atoms with Crippen molar-refractivity contribution in [3.63, 3.8) is 0 Å². The van der Waals surface area contributed by atoms with Crippen LogP contribution in [0.2, 0.25) is 0 Å². The van der Waals surface area contributed by atoms with Gasteiger partial charge in [0.2, 0.25) is 0 Å². The third kappa shape index (κ3) is 3.41. The molecule has 2 unspecified atom stereocenters. The molecule has 0 bridgehead atoms. The summed E-state index contributed by atoms with van der Waals surface area (Å²) in [6.07, 6.45) is 5.00. The lowest BCUT2D eigenvalue weighted by molar-refractivity contribution is 0.0748. The Kier molecular flexibility index (Phi) is 5.93. The first-order chi connectivity index (χ1) is 12.5. The molecule has 2 atom stereocenters. The molecule has 8 heteroatoms. The Hall–Kier alpha value is -1.44. The van der Waals surface area contributed by atoms with Gasteiger partial charge in [0.15, 0.2) is 0 Å². The molecule has 1 fully saturated rings. The molecule has 2 aliphatic rings. The van der Waals surface area contributed by atoms with Crippen molar-refractivity contribution >= 4 is 39.9 Å². The van der Waals surface area contributed by atoms with Gasteiger partial charge in [-0.25, -0.2) is 4.98 Å². The van der Waals surface area contributed by atoms with Crippen LogP contribution in [0.3, 0.4) is 0 Å². The molecule has 2 N–H and O–H groups in total. The number of nitrogens with two attached hydrogens (primary N) is 1. The van der Waals surface area contributed by atoms with Gasteiger partial charge in [0.05, 0.1) is 10.3 Å². The Bertz CT molecular complexity index is 923. The van der Waals surface area contributed by atoms with Gasteiger partial charge in [-0.2, -0.15) is 0 Å². The molecule has 0 aliphatic carbocycles. The van der Waals surface area contributed by atoms with Crippen molar-refractivity contribution in [2.24, 2.45) is 11.7 Å². The van der Waals surface area contributed by atoms with E-state index in [0.717, 1.165) is 50.0 Å². The fourth-order valence-corrected chi connectivity index (χ4v) is 5.49. The second-order valence-electron chi connectivity index (χ2n) is 7.68. The van der Waals surface area contributed by atoms with Crippen LogP contribution in [0.25, 0.3) is 10.2 Å². The summed E-state index contributed by atoms with van der Waals surface area (Å²) in [6.45, 7) is 6.00. The Morgan fingerprint density at radius 2 is 2.11 bits per heavy atom. The summed E-state index contributed by atoms with van der Waals surface area (Å²) in [6, 6.07) is 0.187. The summed E-state index contributed by atoms with van der Waals surface area (Å²) in [4.78, 5) is 34.3. The number of nitrogens with zero attached hydrogens (tertiary/aromatic N) is 3. The van der Waals surface area contributed by atoms with Gasteiger partial charge in [-0.05, 0) is 51.1 Å². The van der Waals surface area contributed by atoms with E-state index in [1.54, 1.807) is 0 Å². The van der Waals surface area contributed by atoms with Crippen LogP contribution in [-0.4, -0.2) is 39.5 Å². The van der Waals surface area contributed by atoms with E-state index >= 15 is 0 Å². The number of thiophene rings is 1. The molecular weight excluding hydrogens is 384 g/mol. The van der Waals surface area contributed by atoms with E-state index in [2.05, 4.69) is 6.92 Å². The largest absolute Gasteiger partial charge is 0.335 e. The predicted molar refractivity (Wildman–Crippen MR) is 111 cm³/mol. The number of hydrogen-bond donors (Lipinski definition) is 1. The quantitative estimate of drug-likeness (QED) is 0.825. The summed E-state index contributed by atoms with van der Waals surface area (Å²) in [7, 11) is 0. The van der Waals surface area contributed by atoms with Gasteiger partial charge in [0.25, 0.3) is 11.5 Å². The normalized spacial score (nSPS) is 22.4. The number of rotatable bonds is 2. The van der Waals surface area contributed by atoms with Crippen molar-refractivity contribution in [3.05, 3.63) is 26.6 Å². The minimum Gasteiger partial charge on any atom is -0.335 e. The molecule has 4 rings (SSSR count). The van der Waals surface area contributed by atoms with E-state index in [1.807, 2.05) is 16.4 Å². The lowest BCUT2D eigenvalue weighted by atomic mass is 10.1. The highest BCUT2D eigenvalue weighted by atomic mass is 35.5.